The molecule has 0 aliphatic carbocycles. The Bertz CT molecular complexity index is 433. The van der Waals surface area contributed by atoms with Crippen molar-refractivity contribution >= 4 is 16.7 Å². The first-order valence-corrected chi connectivity index (χ1v) is 3.98. The lowest BCUT2D eigenvalue weighted by molar-refractivity contribution is 0.624. The summed E-state index contributed by atoms with van der Waals surface area (Å²) in [6.07, 6.45) is 3.02. The van der Waals surface area contributed by atoms with Crippen LogP contribution in [0.25, 0.3) is 11.0 Å². The minimum absolute atomic E-state index is 0.310. The second-order valence-corrected chi connectivity index (χ2v) is 3.12. The number of nitrogens with zero attached hydrogens (tertiary/aromatic N) is 2. The van der Waals surface area contributed by atoms with Gasteiger partial charge in [0.1, 0.15) is 11.5 Å². The molecule has 0 bridgehead atoms. The molecule has 68 valence electrons. The molecule has 2 aromatic heterocycles. The highest BCUT2D eigenvalue weighted by atomic mass is 19.1. The van der Waals surface area contributed by atoms with Gasteiger partial charge in [-0.2, -0.15) is 0 Å². The second kappa shape index (κ2) is 2.73. The summed E-state index contributed by atoms with van der Waals surface area (Å²) in [7, 11) is 3.82. The lowest BCUT2D eigenvalue weighted by Crippen LogP contribution is -2.07. The van der Waals surface area contributed by atoms with Crippen LogP contribution in [0.15, 0.2) is 18.5 Å². The molecule has 0 atom stereocenters. The number of pyridine rings is 1. The van der Waals surface area contributed by atoms with Crippen molar-refractivity contribution in [1.82, 2.24) is 9.97 Å². The summed E-state index contributed by atoms with van der Waals surface area (Å²) in [5, 5.41) is 0.810. The zero-order chi connectivity index (χ0) is 9.42. The molecular formula is C9H10FN3. The molecule has 0 aliphatic heterocycles. The molecule has 2 heterocycles. The van der Waals surface area contributed by atoms with Gasteiger partial charge in [-0.25, -0.2) is 9.37 Å². The van der Waals surface area contributed by atoms with E-state index in [-0.39, 0.29) is 5.82 Å². The van der Waals surface area contributed by atoms with Crippen LogP contribution in [0.5, 0.6) is 0 Å². The summed E-state index contributed by atoms with van der Waals surface area (Å²) in [6.45, 7) is 0. The third-order valence-electron chi connectivity index (χ3n) is 1.96. The predicted octanol–water partition coefficient (Wildman–Crippen LogP) is 1.77. The maximum Gasteiger partial charge on any atom is 0.142 e. The maximum absolute atomic E-state index is 12.9. The molecule has 4 heteroatoms. The number of anilines is 1. The Kier molecular flexibility index (Phi) is 1.69. The van der Waals surface area contributed by atoms with Crippen LogP contribution < -0.4 is 4.90 Å². The third kappa shape index (κ3) is 1.24. The van der Waals surface area contributed by atoms with Gasteiger partial charge in [0.15, 0.2) is 0 Å². The molecule has 3 nitrogen and oxygen atoms in total. The number of fused-ring (bicyclic) bond motifs is 1. The fourth-order valence-electron chi connectivity index (χ4n) is 1.33. The van der Waals surface area contributed by atoms with Gasteiger partial charge in [0.2, 0.25) is 0 Å². The average Bonchev–Trinajstić information content (AvgIpc) is 2.46. The van der Waals surface area contributed by atoms with Gasteiger partial charge < -0.3 is 9.88 Å². The van der Waals surface area contributed by atoms with E-state index in [0.29, 0.717) is 5.65 Å². The molecule has 0 saturated heterocycles. The summed E-state index contributed by atoms with van der Waals surface area (Å²) in [6, 6.07) is 1.48. The van der Waals surface area contributed by atoms with E-state index in [1.165, 1.54) is 12.3 Å². The van der Waals surface area contributed by atoms with Crippen LogP contribution in [0, 0.1) is 5.82 Å². The van der Waals surface area contributed by atoms with Gasteiger partial charge in [-0.3, -0.25) is 0 Å². The molecule has 0 aliphatic rings. The minimum Gasteiger partial charge on any atom is -0.376 e. The number of hydrogen-bond acceptors (Lipinski definition) is 2. The predicted molar refractivity (Wildman–Crippen MR) is 50.4 cm³/mol. The molecule has 1 N–H and O–H groups in total. The molecule has 0 aromatic carbocycles. The highest BCUT2D eigenvalue weighted by molar-refractivity contribution is 5.90. The Morgan fingerprint density at radius 1 is 1.46 bits per heavy atom. The van der Waals surface area contributed by atoms with E-state index in [0.717, 1.165) is 11.1 Å². The van der Waals surface area contributed by atoms with Crippen molar-refractivity contribution in [3.63, 3.8) is 0 Å². The van der Waals surface area contributed by atoms with Gasteiger partial charge in [-0.05, 0) is 6.07 Å². The van der Waals surface area contributed by atoms with E-state index < -0.39 is 0 Å². The molecule has 0 saturated carbocycles. The summed E-state index contributed by atoms with van der Waals surface area (Å²) in [5.74, 6) is -0.310. The fourth-order valence-corrected chi connectivity index (χ4v) is 1.33. The normalized spacial score (nSPS) is 10.7. The zero-order valence-electron chi connectivity index (χ0n) is 7.50. The number of halogens is 1. The molecular weight excluding hydrogens is 169 g/mol. The molecule has 13 heavy (non-hydrogen) atoms. The van der Waals surface area contributed by atoms with Crippen LogP contribution in [0.4, 0.5) is 10.1 Å². The number of nitrogens with one attached hydrogen (secondary N) is 1. The Balaban J connectivity index is 2.71. The Morgan fingerprint density at radius 2 is 2.23 bits per heavy atom. The van der Waals surface area contributed by atoms with Crippen molar-refractivity contribution in [3.8, 4) is 0 Å². The molecule has 0 radical (unpaired) electrons. The molecule has 0 spiro atoms. The monoisotopic (exact) mass is 179 g/mol. The van der Waals surface area contributed by atoms with E-state index in [4.69, 9.17) is 0 Å². The van der Waals surface area contributed by atoms with Crippen molar-refractivity contribution in [2.24, 2.45) is 0 Å². The molecule has 2 aromatic rings. The first kappa shape index (κ1) is 8.04. The van der Waals surface area contributed by atoms with Crippen LogP contribution in [-0.4, -0.2) is 24.1 Å². The molecule has 0 unspecified atom stereocenters. The van der Waals surface area contributed by atoms with Crippen molar-refractivity contribution < 1.29 is 4.39 Å². The molecule has 0 amide bonds. The zero-order valence-corrected chi connectivity index (χ0v) is 7.50. The van der Waals surface area contributed by atoms with Crippen LogP contribution in [-0.2, 0) is 0 Å². The maximum atomic E-state index is 12.9. The van der Waals surface area contributed by atoms with Crippen LogP contribution in [0.1, 0.15) is 0 Å². The van der Waals surface area contributed by atoms with E-state index >= 15 is 0 Å². The summed E-state index contributed by atoms with van der Waals surface area (Å²) < 4.78 is 12.9. The number of aromatic nitrogens is 2. The SMILES string of the molecule is CN(C)c1c[nH]c2ncc(F)cc12. The van der Waals surface area contributed by atoms with Crippen molar-refractivity contribution in [2.75, 3.05) is 19.0 Å². The first-order valence-electron chi connectivity index (χ1n) is 3.98. The summed E-state index contributed by atoms with van der Waals surface area (Å²) >= 11 is 0. The molecule has 0 fully saturated rings. The third-order valence-corrected chi connectivity index (χ3v) is 1.96. The van der Waals surface area contributed by atoms with Gasteiger partial charge in [0, 0.05) is 25.7 Å². The Morgan fingerprint density at radius 3 is 2.92 bits per heavy atom. The van der Waals surface area contributed by atoms with E-state index in [1.54, 1.807) is 0 Å². The van der Waals surface area contributed by atoms with Crippen LogP contribution in [0.3, 0.4) is 0 Å². The highest BCUT2D eigenvalue weighted by Crippen LogP contribution is 2.23. The first-order chi connectivity index (χ1) is 6.18. The van der Waals surface area contributed by atoms with Crippen molar-refractivity contribution in [1.29, 1.82) is 0 Å². The topological polar surface area (TPSA) is 31.9 Å². The van der Waals surface area contributed by atoms with Gasteiger partial charge >= 0.3 is 0 Å². The van der Waals surface area contributed by atoms with Crippen LogP contribution in [0.2, 0.25) is 0 Å². The van der Waals surface area contributed by atoms with Gasteiger partial charge in [0.05, 0.1) is 11.9 Å². The van der Waals surface area contributed by atoms with Crippen molar-refractivity contribution in [3.05, 3.63) is 24.3 Å². The highest BCUT2D eigenvalue weighted by Gasteiger charge is 2.06. The number of H-pyrrole nitrogens is 1. The standard InChI is InChI=1S/C9H10FN3/c1-13(2)8-5-12-9-7(8)3-6(10)4-11-9/h3-5H,1-2H3,(H,11,12). The van der Waals surface area contributed by atoms with Gasteiger partial charge in [-0.15, -0.1) is 0 Å². The van der Waals surface area contributed by atoms with E-state index in [2.05, 4.69) is 9.97 Å². The Hall–Kier alpha value is -1.58. The largest absolute Gasteiger partial charge is 0.376 e. The number of aromatic amines is 1. The summed E-state index contributed by atoms with van der Waals surface area (Å²) in [5.41, 5.74) is 1.66. The second-order valence-electron chi connectivity index (χ2n) is 3.12. The van der Waals surface area contributed by atoms with Gasteiger partial charge in [0.25, 0.3) is 0 Å². The van der Waals surface area contributed by atoms with E-state index in [1.807, 2.05) is 25.2 Å². The van der Waals surface area contributed by atoms with E-state index in [9.17, 15) is 4.39 Å². The van der Waals surface area contributed by atoms with Crippen LogP contribution >= 0.6 is 0 Å². The summed E-state index contributed by atoms with van der Waals surface area (Å²) in [4.78, 5) is 8.82. The lowest BCUT2D eigenvalue weighted by Gasteiger charge is -2.09. The lowest BCUT2D eigenvalue weighted by atomic mass is 10.3. The average molecular weight is 179 g/mol. The molecule has 2 rings (SSSR count). The quantitative estimate of drug-likeness (QED) is 0.723. The fraction of sp³-hybridized carbons (Fsp3) is 0.222. The van der Waals surface area contributed by atoms with Crippen molar-refractivity contribution in [2.45, 2.75) is 0 Å². The Labute approximate surface area is 75.2 Å². The smallest absolute Gasteiger partial charge is 0.142 e. The minimum atomic E-state index is -0.310. The number of rotatable bonds is 1. The number of hydrogen-bond donors (Lipinski definition) is 1. The van der Waals surface area contributed by atoms with Gasteiger partial charge in [-0.1, -0.05) is 0 Å².